The molecule has 1 aliphatic heterocycles. The van der Waals surface area contributed by atoms with Gasteiger partial charge in [0, 0.05) is 31.1 Å². The van der Waals surface area contributed by atoms with E-state index in [2.05, 4.69) is 42.3 Å². The number of anilines is 1. The number of esters is 1. The van der Waals surface area contributed by atoms with Gasteiger partial charge in [0.15, 0.2) is 0 Å². The van der Waals surface area contributed by atoms with Crippen LogP contribution in [-0.2, 0) is 11.3 Å². The van der Waals surface area contributed by atoms with Crippen molar-refractivity contribution in [1.29, 1.82) is 0 Å². The Kier molecular flexibility index (Phi) is 6.47. The Morgan fingerprint density at radius 1 is 1.10 bits per heavy atom. The smallest absolute Gasteiger partial charge is 0.337 e. The van der Waals surface area contributed by atoms with Crippen LogP contribution in [0.2, 0.25) is 0 Å². The van der Waals surface area contributed by atoms with Gasteiger partial charge in [0.1, 0.15) is 0 Å². The van der Waals surface area contributed by atoms with Crippen molar-refractivity contribution in [3.8, 4) is 0 Å². The van der Waals surface area contributed by atoms with Crippen LogP contribution in [0.5, 0.6) is 0 Å². The minimum atomic E-state index is -0.301. The molecule has 1 saturated heterocycles. The number of aromatic nitrogens is 2. The quantitative estimate of drug-likeness (QED) is 0.627. The van der Waals surface area contributed by atoms with Gasteiger partial charge in [-0.15, -0.1) is 0 Å². The zero-order chi connectivity index (χ0) is 21.8. The standard InChI is InChI=1S/C25H30N4O2/c1-17-6-11-22-18(2)27-25(28-23(22)15-17)29-13-4-5-21(12-14-29)26-16-19-7-9-20(10-8-19)24(30)31-3/h6-11,15,21,26H,4-5,12-14,16H2,1-3H3. The predicted octanol–water partition coefficient (Wildman–Crippen LogP) is 4.18. The van der Waals surface area contributed by atoms with Crippen molar-refractivity contribution in [2.45, 2.75) is 45.7 Å². The van der Waals surface area contributed by atoms with Gasteiger partial charge in [-0.05, 0) is 62.4 Å². The fourth-order valence-corrected chi connectivity index (χ4v) is 4.16. The number of fused-ring (bicyclic) bond motifs is 1. The SMILES string of the molecule is COC(=O)c1ccc(CNC2CCCN(c3nc(C)c4ccc(C)cc4n3)CC2)cc1. The molecule has 2 aromatic carbocycles. The minimum Gasteiger partial charge on any atom is -0.465 e. The Balaban J connectivity index is 1.37. The maximum Gasteiger partial charge on any atom is 0.337 e. The van der Waals surface area contributed by atoms with Gasteiger partial charge in [0.05, 0.1) is 23.9 Å². The second-order valence-corrected chi connectivity index (χ2v) is 8.31. The Hall–Kier alpha value is -2.99. The Bertz CT molecular complexity index is 1070. The highest BCUT2D eigenvalue weighted by Gasteiger charge is 2.19. The molecule has 0 bridgehead atoms. The lowest BCUT2D eigenvalue weighted by molar-refractivity contribution is 0.0600. The number of carbonyl (C=O) groups is 1. The summed E-state index contributed by atoms with van der Waals surface area (Å²) in [7, 11) is 1.40. The van der Waals surface area contributed by atoms with Crippen LogP contribution in [0.4, 0.5) is 5.95 Å². The number of nitrogens with zero attached hydrogens (tertiary/aromatic N) is 3. The highest BCUT2D eigenvalue weighted by atomic mass is 16.5. The monoisotopic (exact) mass is 418 g/mol. The Morgan fingerprint density at radius 2 is 1.90 bits per heavy atom. The molecule has 1 unspecified atom stereocenters. The van der Waals surface area contributed by atoms with E-state index < -0.39 is 0 Å². The van der Waals surface area contributed by atoms with Crippen LogP contribution in [0.1, 0.15) is 46.4 Å². The fourth-order valence-electron chi connectivity index (χ4n) is 4.16. The lowest BCUT2D eigenvalue weighted by Gasteiger charge is -2.22. The summed E-state index contributed by atoms with van der Waals surface area (Å²) in [5, 5.41) is 4.80. The number of aryl methyl sites for hydroxylation is 2. The summed E-state index contributed by atoms with van der Waals surface area (Å²) in [6, 6.07) is 14.4. The van der Waals surface area contributed by atoms with E-state index in [1.807, 2.05) is 24.3 Å². The molecule has 3 aromatic rings. The highest BCUT2D eigenvalue weighted by molar-refractivity contribution is 5.89. The van der Waals surface area contributed by atoms with Gasteiger partial charge < -0.3 is 15.0 Å². The molecule has 1 atom stereocenters. The summed E-state index contributed by atoms with van der Waals surface area (Å²) in [4.78, 5) is 23.6. The number of hydrogen-bond acceptors (Lipinski definition) is 6. The molecule has 162 valence electrons. The fraction of sp³-hybridized carbons (Fsp3) is 0.400. The first-order valence-electron chi connectivity index (χ1n) is 10.9. The second kappa shape index (κ2) is 9.43. The number of hydrogen-bond donors (Lipinski definition) is 1. The minimum absolute atomic E-state index is 0.301. The van der Waals surface area contributed by atoms with Gasteiger partial charge in [-0.3, -0.25) is 0 Å². The van der Waals surface area contributed by atoms with Gasteiger partial charge in [-0.25, -0.2) is 14.8 Å². The number of rotatable bonds is 5. The third-order valence-corrected chi connectivity index (χ3v) is 6.01. The summed E-state index contributed by atoms with van der Waals surface area (Å²) >= 11 is 0. The second-order valence-electron chi connectivity index (χ2n) is 8.31. The Morgan fingerprint density at radius 3 is 2.68 bits per heavy atom. The normalized spacial score (nSPS) is 16.9. The van der Waals surface area contributed by atoms with E-state index in [0.29, 0.717) is 11.6 Å². The molecule has 0 radical (unpaired) electrons. The molecular weight excluding hydrogens is 388 g/mol. The first-order valence-corrected chi connectivity index (χ1v) is 10.9. The summed E-state index contributed by atoms with van der Waals surface area (Å²) in [6.07, 6.45) is 3.28. The van der Waals surface area contributed by atoms with Gasteiger partial charge in [0.25, 0.3) is 0 Å². The number of methoxy groups -OCH3 is 1. The van der Waals surface area contributed by atoms with Crippen molar-refractivity contribution >= 4 is 22.8 Å². The maximum absolute atomic E-state index is 11.6. The maximum atomic E-state index is 11.6. The van der Waals surface area contributed by atoms with Crippen LogP contribution in [0.15, 0.2) is 42.5 Å². The van der Waals surface area contributed by atoms with E-state index in [1.54, 1.807) is 0 Å². The van der Waals surface area contributed by atoms with E-state index in [1.165, 1.54) is 12.7 Å². The number of carbonyl (C=O) groups excluding carboxylic acids is 1. The molecule has 1 aliphatic rings. The largest absolute Gasteiger partial charge is 0.465 e. The van der Waals surface area contributed by atoms with E-state index in [9.17, 15) is 4.79 Å². The van der Waals surface area contributed by atoms with Crippen LogP contribution in [0.3, 0.4) is 0 Å². The molecule has 0 amide bonds. The zero-order valence-corrected chi connectivity index (χ0v) is 18.5. The lowest BCUT2D eigenvalue weighted by Crippen LogP contribution is -2.31. The summed E-state index contributed by atoms with van der Waals surface area (Å²) in [6.45, 7) is 6.87. The van der Waals surface area contributed by atoms with Crippen LogP contribution < -0.4 is 10.2 Å². The molecule has 0 aliphatic carbocycles. The van der Waals surface area contributed by atoms with E-state index in [-0.39, 0.29) is 5.97 Å². The molecule has 6 heteroatoms. The molecule has 1 N–H and O–H groups in total. The highest BCUT2D eigenvalue weighted by Crippen LogP contribution is 2.22. The van der Waals surface area contributed by atoms with Crippen molar-refractivity contribution in [2.24, 2.45) is 0 Å². The average molecular weight is 419 g/mol. The van der Waals surface area contributed by atoms with E-state index in [4.69, 9.17) is 14.7 Å². The van der Waals surface area contributed by atoms with Gasteiger partial charge in [-0.2, -0.15) is 0 Å². The van der Waals surface area contributed by atoms with Crippen molar-refractivity contribution < 1.29 is 9.53 Å². The lowest BCUT2D eigenvalue weighted by atomic mass is 10.1. The molecule has 4 rings (SSSR count). The van der Waals surface area contributed by atoms with Crippen LogP contribution in [0.25, 0.3) is 10.9 Å². The first kappa shape index (κ1) is 21.2. The van der Waals surface area contributed by atoms with Crippen molar-refractivity contribution in [3.63, 3.8) is 0 Å². The topological polar surface area (TPSA) is 67.3 Å². The van der Waals surface area contributed by atoms with Gasteiger partial charge in [-0.1, -0.05) is 24.3 Å². The molecule has 2 heterocycles. The Labute approximate surface area is 183 Å². The third kappa shape index (κ3) is 5.02. The molecule has 6 nitrogen and oxygen atoms in total. The van der Waals surface area contributed by atoms with Crippen LogP contribution in [-0.4, -0.2) is 42.2 Å². The summed E-state index contributed by atoms with van der Waals surface area (Å²) in [5.74, 6) is 0.541. The predicted molar refractivity (Wildman–Crippen MR) is 123 cm³/mol. The van der Waals surface area contributed by atoms with Crippen LogP contribution >= 0.6 is 0 Å². The molecule has 1 fully saturated rings. The molecule has 31 heavy (non-hydrogen) atoms. The van der Waals surface area contributed by atoms with Crippen LogP contribution in [0, 0.1) is 13.8 Å². The third-order valence-electron chi connectivity index (χ3n) is 6.01. The number of benzene rings is 2. The zero-order valence-electron chi connectivity index (χ0n) is 18.5. The van der Waals surface area contributed by atoms with Crippen molar-refractivity contribution in [1.82, 2.24) is 15.3 Å². The first-order chi connectivity index (χ1) is 15.0. The van der Waals surface area contributed by atoms with Crippen molar-refractivity contribution in [2.75, 3.05) is 25.1 Å². The molecular formula is C25H30N4O2. The molecule has 0 saturated carbocycles. The summed E-state index contributed by atoms with van der Waals surface area (Å²) in [5.41, 5.74) is 5.03. The summed E-state index contributed by atoms with van der Waals surface area (Å²) < 4.78 is 4.76. The van der Waals surface area contributed by atoms with Gasteiger partial charge >= 0.3 is 5.97 Å². The average Bonchev–Trinajstić information content (AvgIpc) is 3.03. The van der Waals surface area contributed by atoms with Crippen molar-refractivity contribution in [3.05, 3.63) is 64.8 Å². The van der Waals surface area contributed by atoms with E-state index >= 15 is 0 Å². The number of nitrogens with one attached hydrogen (secondary N) is 1. The number of ether oxygens (including phenoxy) is 1. The molecule has 1 aromatic heterocycles. The van der Waals surface area contributed by atoms with E-state index in [0.717, 1.165) is 67.0 Å². The van der Waals surface area contributed by atoms with Gasteiger partial charge in [0.2, 0.25) is 5.95 Å². The molecule has 0 spiro atoms.